The van der Waals surface area contributed by atoms with Gasteiger partial charge in [-0.05, 0) is 44.0 Å². The quantitative estimate of drug-likeness (QED) is 0.642. The van der Waals surface area contributed by atoms with Gasteiger partial charge in [0, 0.05) is 23.5 Å². The number of hydrogen-bond donors (Lipinski definition) is 1. The lowest BCUT2D eigenvalue weighted by Crippen LogP contribution is -2.05. The third-order valence-corrected chi connectivity index (χ3v) is 3.92. The molecule has 1 atom stereocenters. The summed E-state index contributed by atoms with van der Waals surface area (Å²) >= 11 is 0. The second kappa shape index (κ2) is 4.64. The molecular weight excluding hydrogens is 246 g/mol. The predicted molar refractivity (Wildman–Crippen MR) is 84.8 cm³/mol. The lowest BCUT2D eigenvalue weighted by atomic mass is 10.0. The van der Waals surface area contributed by atoms with Crippen LogP contribution in [0.25, 0.3) is 17.0 Å². The molecule has 1 aromatic carbocycles. The van der Waals surface area contributed by atoms with Crippen LogP contribution in [0.3, 0.4) is 0 Å². The predicted octanol–water partition coefficient (Wildman–Crippen LogP) is 4.48. The summed E-state index contributed by atoms with van der Waals surface area (Å²) in [5, 5.41) is 1.29. The SMILES string of the molecule is C=C(C)/C=C/c1ccc2[nH]cc(C[C@H]3OC3(C)C)c2c1. The molecule has 1 saturated heterocycles. The maximum absolute atomic E-state index is 5.70. The fourth-order valence-electron chi connectivity index (χ4n) is 2.53. The molecule has 104 valence electrons. The first kappa shape index (κ1) is 13.2. The summed E-state index contributed by atoms with van der Waals surface area (Å²) in [6.45, 7) is 10.2. The molecule has 1 aliphatic heterocycles. The smallest absolute Gasteiger partial charge is 0.0908 e. The molecule has 20 heavy (non-hydrogen) atoms. The van der Waals surface area contributed by atoms with Crippen LogP contribution in [-0.2, 0) is 11.2 Å². The Bertz CT molecular complexity index is 691. The molecule has 0 unspecified atom stereocenters. The molecule has 0 saturated carbocycles. The lowest BCUT2D eigenvalue weighted by Gasteiger charge is -2.00. The van der Waals surface area contributed by atoms with Crippen molar-refractivity contribution in [3.63, 3.8) is 0 Å². The van der Waals surface area contributed by atoms with Gasteiger partial charge in [-0.25, -0.2) is 0 Å². The van der Waals surface area contributed by atoms with Crippen molar-refractivity contribution in [2.24, 2.45) is 0 Å². The van der Waals surface area contributed by atoms with Crippen LogP contribution in [0.15, 0.2) is 42.6 Å². The lowest BCUT2D eigenvalue weighted by molar-refractivity contribution is 0.323. The molecule has 1 aromatic heterocycles. The van der Waals surface area contributed by atoms with Crippen LogP contribution in [0.5, 0.6) is 0 Å². The fraction of sp³-hybridized carbons (Fsp3) is 0.333. The van der Waals surface area contributed by atoms with Gasteiger partial charge < -0.3 is 9.72 Å². The van der Waals surface area contributed by atoms with Crippen LogP contribution in [0.2, 0.25) is 0 Å². The highest BCUT2D eigenvalue weighted by Crippen LogP contribution is 2.38. The van der Waals surface area contributed by atoms with Crippen LogP contribution in [-0.4, -0.2) is 16.7 Å². The summed E-state index contributed by atoms with van der Waals surface area (Å²) in [6.07, 6.45) is 7.57. The molecule has 0 bridgehead atoms. The third-order valence-electron chi connectivity index (χ3n) is 3.92. The fourth-order valence-corrected chi connectivity index (χ4v) is 2.53. The molecule has 0 spiro atoms. The van der Waals surface area contributed by atoms with E-state index in [-0.39, 0.29) is 5.60 Å². The molecule has 1 N–H and O–H groups in total. The van der Waals surface area contributed by atoms with E-state index in [0.717, 1.165) is 12.0 Å². The van der Waals surface area contributed by atoms with Gasteiger partial charge >= 0.3 is 0 Å². The van der Waals surface area contributed by atoms with E-state index in [1.807, 2.05) is 13.0 Å². The number of fused-ring (bicyclic) bond motifs is 1. The van der Waals surface area contributed by atoms with Gasteiger partial charge in [-0.15, -0.1) is 0 Å². The van der Waals surface area contributed by atoms with Gasteiger partial charge in [0.2, 0.25) is 0 Å². The van der Waals surface area contributed by atoms with Crippen LogP contribution in [0, 0.1) is 0 Å². The molecule has 0 radical (unpaired) electrons. The van der Waals surface area contributed by atoms with Gasteiger partial charge in [-0.3, -0.25) is 0 Å². The number of aromatic amines is 1. The maximum Gasteiger partial charge on any atom is 0.0908 e. The maximum atomic E-state index is 5.70. The van der Waals surface area contributed by atoms with E-state index in [1.165, 1.54) is 22.0 Å². The minimum absolute atomic E-state index is 0.0427. The molecule has 2 heterocycles. The number of rotatable bonds is 4. The Balaban J connectivity index is 1.89. The second-order valence-corrected chi connectivity index (χ2v) is 6.21. The number of ether oxygens (including phenoxy) is 1. The minimum Gasteiger partial charge on any atom is -0.366 e. The van der Waals surface area contributed by atoms with Crippen molar-refractivity contribution in [1.29, 1.82) is 0 Å². The number of allylic oxidation sites excluding steroid dienone is 2. The minimum atomic E-state index is 0.0427. The van der Waals surface area contributed by atoms with Crippen molar-refractivity contribution in [3.05, 3.63) is 53.8 Å². The Morgan fingerprint density at radius 3 is 2.85 bits per heavy atom. The Hall–Kier alpha value is -1.80. The Labute approximate surface area is 120 Å². The molecule has 2 aromatic rings. The van der Waals surface area contributed by atoms with Crippen molar-refractivity contribution in [2.45, 2.75) is 38.9 Å². The number of nitrogens with one attached hydrogen (secondary N) is 1. The van der Waals surface area contributed by atoms with Crippen molar-refractivity contribution in [1.82, 2.24) is 4.98 Å². The summed E-state index contributed by atoms with van der Waals surface area (Å²) in [5.74, 6) is 0. The van der Waals surface area contributed by atoms with Gasteiger partial charge in [-0.2, -0.15) is 0 Å². The van der Waals surface area contributed by atoms with Crippen LogP contribution in [0.1, 0.15) is 31.9 Å². The average Bonchev–Trinajstić information content (AvgIpc) is 2.81. The number of H-pyrrole nitrogens is 1. The van der Waals surface area contributed by atoms with E-state index in [9.17, 15) is 0 Å². The van der Waals surface area contributed by atoms with Gasteiger partial charge in [0.15, 0.2) is 0 Å². The van der Waals surface area contributed by atoms with Gasteiger partial charge in [-0.1, -0.05) is 30.4 Å². The zero-order valence-electron chi connectivity index (χ0n) is 12.4. The summed E-state index contributed by atoms with van der Waals surface area (Å²) in [7, 11) is 0. The van der Waals surface area contributed by atoms with E-state index in [1.54, 1.807) is 0 Å². The highest BCUT2D eigenvalue weighted by molar-refractivity contribution is 5.85. The third kappa shape index (κ3) is 2.56. The number of epoxide rings is 1. The Morgan fingerprint density at radius 1 is 1.45 bits per heavy atom. The number of benzene rings is 1. The topological polar surface area (TPSA) is 28.3 Å². The first-order valence-electron chi connectivity index (χ1n) is 7.07. The van der Waals surface area contributed by atoms with Gasteiger partial charge in [0.25, 0.3) is 0 Å². The van der Waals surface area contributed by atoms with E-state index in [2.05, 4.69) is 55.9 Å². The Kier molecular flexibility index (Phi) is 3.06. The molecule has 3 rings (SSSR count). The summed E-state index contributed by atoms with van der Waals surface area (Å²) in [5.41, 5.74) is 4.83. The normalized spacial score (nSPS) is 20.6. The summed E-state index contributed by atoms with van der Waals surface area (Å²) in [4.78, 5) is 3.34. The zero-order chi connectivity index (χ0) is 14.3. The van der Waals surface area contributed by atoms with E-state index in [4.69, 9.17) is 4.74 Å². The van der Waals surface area contributed by atoms with Gasteiger partial charge in [0.1, 0.15) is 0 Å². The van der Waals surface area contributed by atoms with E-state index >= 15 is 0 Å². The number of hydrogen-bond acceptors (Lipinski definition) is 1. The Morgan fingerprint density at radius 2 is 2.20 bits per heavy atom. The zero-order valence-corrected chi connectivity index (χ0v) is 12.4. The largest absolute Gasteiger partial charge is 0.366 e. The molecule has 0 aliphatic carbocycles. The van der Waals surface area contributed by atoms with Gasteiger partial charge in [0.05, 0.1) is 11.7 Å². The van der Waals surface area contributed by atoms with Crippen molar-refractivity contribution in [3.8, 4) is 0 Å². The molecule has 1 fully saturated rings. The first-order chi connectivity index (χ1) is 9.45. The van der Waals surface area contributed by atoms with Crippen LogP contribution >= 0.6 is 0 Å². The standard InChI is InChI=1S/C18H21NO/c1-12(2)5-6-13-7-8-16-15(9-13)14(11-19-16)10-17-18(3,4)20-17/h5-9,11,17,19H,1,10H2,2-4H3/b6-5+/t17-/m1/s1. The molecule has 0 amide bonds. The average molecular weight is 267 g/mol. The highest BCUT2D eigenvalue weighted by atomic mass is 16.6. The van der Waals surface area contributed by atoms with E-state index in [0.29, 0.717) is 6.10 Å². The highest BCUT2D eigenvalue weighted by Gasteiger charge is 2.47. The van der Waals surface area contributed by atoms with Crippen molar-refractivity contribution in [2.75, 3.05) is 0 Å². The summed E-state index contributed by atoms with van der Waals surface area (Å²) < 4.78 is 5.70. The van der Waals surface area contributed by atoms with Crippen molar-refractivity contribution < 1.29 is 4.74 Å². The first-order valence-corrected chi connectivity index (χ1v) is 7.07. The van der Waals surface area contributed by atoms with Crippen LogP contribution < -0.4 is 0 Å². The number of aromatic nitrogens is 1. The molecule has 2 nitrogen and oxygen atoms in total. The molecule has 1 aliphatic rings. The molecule has 2 heteroatoms. The van der Waals surface area contributed by atoms with Crippen LogP contribution in [0.4, 0.5) is 0 Å². The molecular formula is C18H21NO. The van der Waals surface area contributed by atoms with Crippen molar-refractivity contribution >= 4 is 17.0 Å². The monoisotopic (exact) mass is 267 g/mol. The second-order valence-electron chi connectivity index (χ2n) is 6.21. The van der Waals surface area contributed by atoms with E-state index < -0.39 is 0 Å². The summed E-state index contributed by atoms with van der Waals surface area (Å²) in [6, 6.07) is 6.49.